The Labute approximate surface area is 106 Å². The smallest absolute Gasteiger partial charge is 0.138 e. The normalized spacial score (nSPS) is 11.4. The molecule has 3 nitrogen and oxygen atoms in total. The van der Waals surface area contributed by atoms with E-state index in [1.807, 2.05) is 25.2 Å². The van der Waals surface area contributed by atoms with Crippen LogP contribution in [0, 0.1) is 20.8 Å². The molecule has 0 saturated carbocycles. The predicted octanol–water partition coefficient (Wildman–Crippen LogP) is 3.29. The largest absolute Gasteiger partial charge is 0.361 e. The van der Waals surface area contributed by atoms with E-state index in [0.717, 1.165) is 24.5 Å². The number of nitrogens with zero attached hydrogens (tertiary/aromatic N) is 2. The Kier molecular flexibility index (Phi) is 3.64. The molecule has 0 unspecified atom stereocenters. The summed E-state index contributed by atoms with van der Waals surface area (Å²) in [6, 6.07) is 2.17. The molecule has 0 aliphatic heterocycles. The first-order chi connectivity index (χ1) is 8.08. The summed E-state index contributed by atoms with van der Waals surface area (Å²) in [5, 5.41) is 6.13. The average molecular weight is 250 g/mol. The van der Waals surface area contributed by atoms with E-state index in [4.69, 9.17) is 4.52 Å². The van der Waals surface area contributed by atoms with Gasteiger partial charge in [-0.1, -0.05) is 5.16 Å². The standard InChI is InChI=1S/C13H18N2OS/c1-9-5-6-17-13(9)8-15(4)7-12-10(2)14-16-11(12)3/h5-6H,7-8H2,1-4H3. The minimum atomic E-state index is 0.887. The maximum atomic E-state index is 5.18. The molecule has 4 heteroatoms. The molecule has 0 amide bonds. The van der Waals surface area contributed by atoms with Crippen LogP contribution in [0.5, 0.6) is 0 Å². The van der Waals surface area contributed by atoms with E-state index in [1.54, 1.807) is 0 Å². The molecule has 0 fully saturated rings. The van der Waals surface area contributed by atoms with Gasteiger partial charge in [0.05, 0.1) is 5.69 Å². The molecule has 17 heavy (non-hydrogen) atoms. The van der Waals surface area contributed by atoms with Crippen LogP contribution in [-0.2, 0) is 13.1 Å². The fourth-order valence-electron chi connectivity index (χ4n) is 1.86. The molecule has 2 heterocycles. The highest BCUT2D eigenvalue weighted by Crippen LogP contribution is 2.20. The van der Waals surface area contributed by atoms with Crippen molar-refractivity contribution in [3.63, 3.8) is 0 Å². The molecule has 0 saturated heterocycles. The summed E-state index contributed by atoms with van der Waals surface area (Å²) in [7, 11) is 2.13. The summed E-state index contributed by atoms with van der Waals surface area (Å²) in [4.78, 5) is 3.73. The van der Waals surface area contributed by atoms with Crippen LogP contribution in [0.1, 0.15) is 27.5 Å². The molecule has 0 aliphatic carbocycles. The second-order valence-electron chi connectivity index (χ2n) is 4.50. The Hall–Kier alpha value is -1.13. The summed E-state index contributed by atoms with van der Waals surface area (Å²) in [6.45, 7) is 8.00. The van der Waals surface area contributed by atoms with Gasteiger partial charge in [-0.3, -0.25) is 4.90 Å². The van der Waals surface area contributed by atoms with Gasteiger partial charge in [0.15, 0.2) is 0 Å². The predicted molar refractivity (Wildman–Crippen MR) is 70.2 cm³/mol. The summed E-state index contributed by atoms with van der Waals surface area (Å²) < 4.78 is 5.18. The van der Waals surface area contributed by atoms with Gasteiger partial charge in [0.1, 0.15) is 5.76 Å². The van der Waals surface area contributed by atoms with Crippen molar-refractivity contribution < 1.29 is 4.52 Å². The van der Waals surface area contributed by atoms with E-state index in [9.17, 15) is 0 Å². The fourth-order valence-corrected chi connectivity index (χ4v) is 2.85. The SMILES string of the molecule is Cc1ccsc1CN(C)Cc1c(C)noc1C. The monoisotopic (exact) mass is 250 g/mol. The Balaban J connectivity index is 2.03. The van der Waals surface area contributed by atoms with E-state index in [-0.39, 0.29) is 0 Å². The van der Waals surface area contributed by atoms with Crippen LogP contribution in [0.15, 0.2) is 16.0 Å². The topological polar surface area (TPSA) is 29.3 Å². The van der Waals surface area contributed by atoms with Crippen molar-refractivity contribution in [1.29, 1.82) is 0 Å². The van der Waals surface area contributed by atoms with Gasteiger partial charge < -0.3 is 4.52 Å². The Morgan fingerprint density at radius 2 is 2.06 bits per heavy atom. The van der Waals surface area contributed by atoms with Gasteiger partial charge in [-0.15, -0.1) is 11.3 Å². The zero-order chi connectivity index (χ0) is 12.4. The first-order valence-corrected chi connectivity index (χ1v) is 6.59. The van der Waals surface area contributed by atoms with Crippen LogP contribution in [0.2, 0.25) is 0 Å². The molecule has 0 bridgehead atoms. The summed E-state index contributed by atoms with van der Waals surface area (Å²) in [5.74, 6) is 0.928. The number of aromatic nitrogens is 1. The zero-order valence-electron chi connectivity index (χ0n) is 10.8. The molecule has 0 radical (unpaired) electrons. The van der Waals surface area contributed by atoms with Gasteiger partial charge in [0, 0.05) is 23.5 Å². The minimum absolute atomic E-state index is 0.887. The highest BCUT2D eigenvalue weighted by Gasteiger charge is 2.12. The van der Waals surface area contributed by atoms with Crippen LogP contribution >= 0.6 is 11.3 Å². The molecule has 0 spiro atoms. The van der Waals surface area contributed by atoms with Gasteiger partial charge in [-0.05, 0) is 44.8 Å². The molecular formula is C13H18N2OS. The first-order valence-electron chi connectivity index (χ1n) is 5.71. The Morgan fingerprint density at radius 1 is 1.29 bits per heavy atom. The Bertz CT molecular complexity index is 482. The lowest BCUT2D eigenvalue weighted by molar-refractivity contribution is 0.317. The van der Waals surface area contributed by atoms with Crippen molar-refractivity contribution in [2.24, 2.45) is 0 Å². The summed E-state index contributed by atoms with van der Waals surface area (Å²) in [5.41, 5.74) is 3.58. The van der Waals surface area contributed by atoms with Crippen LogP contribution < -0.4 is 0 Å². The van der Waals surface area contributed by atoms with Gasteiger partial charge in [-0.25, -0.2) is 0 Å². The maximum Gasteiger partial charge on any atom is 0.138 e. The van der Waals surface area contributed by atoms with E-state index in [2.05, 4.69) is 35.5 Å². The lowest BCUT2D eigenvalue weighted by Crippen LogP contribution is -2.17. The van der Waals surface area contributed by atoms with E-state index in [1.165, 1.54) is 16.0 Å². The molecule has 2 rings (SSSR count). The molecular weight excluding hydrogens is 232 g/mol. The van der Waals surface area contributed by atoms with Gasteiger partial charge in [-0.2, -0.15) is 0 Å². The van der Waals surface area contributed by atoms with Crippen molar-refractivity contribution >= 4 is 11.3 Å². The second-order valence-corrected chi connectivity index (χ2v) is 5.50. The minimum Gasteiger partial charge on any atom is -0.361 e. The molecule has 0 aliphatic rings. The van der Waals surface area contributed by atoms with Gasteiger partial charge in [0.25, 0.3) is 0 Å². The van der Waals surface area contributed by atoms with E-state index in [0.29, 0.717) is 0 Å². The number of thiophene rings is 1. The highest BCUT2D eigenvalue weighted by molar-refractivity contribution is 7.10. The van der Waals surface area contributed by atoms with Crippen LogP contribution in [0.3, 0.4) is 0 Å². The van der Waals surface area contributed by atoms with Crippen LogP contribution in [0.25, 0.3) is 0 Å². The van der Waals surface area contributed by atoms with E-state index >= 15 is 0 Å². The quantitative estimate of drug-likeness (QED) is 0.834. The van der Waals surface area contributed by atoms with Crippen LogP contribution in [-0.4, -0.2) is 17.1 Å². The molecule has 2 aromatic heterocycles. The van der Waals surface area contributed by atoms with Crippen molar-refractivity contribution in [2.75, 3.05) is 7.05 Å². The lowest BCUT2D eigenvalue weighted by atomic mass is 10.2. The number of aryl methyl sites for hydroxylation is 3. The molecule has 0 aromatic carbocycles. The first kappa shape index (κ1) is 12.3. The van der Waals surface area contributed by atoms with Crippen molar-refractivity contribution in [1.82, 2.24) is 10.1 Å². The average Bonchev–Trinajstić information content (AvgIpc) is 2.80. The van der Waals surface area contributed by atoms with Crippen molar-refractivity contribution in [2.45, 2.75) is 33.9 Å². The third-order valence-electron chi connectivity index (χ3n) is 2.99. The van der Waals surface area contributed by atoms with Crippen molar-refractivity contribution in [3.8, 4) is 0 Å². The summed E-state index contributed by atoms with van der Waals surface area (Å²) in [6.07, 6.45) is 0. The van der Waals surface area contributed by atoms with Gasteiger partial charge >= 0.3 is 0 Å². The Morgan fingerprint density at radius 3 is 2.59 bits per heavy atom. The highest BCUT2D eigenvalue weighted by atomic mass is 32.1. The number of hydrogen-bond donors (Lipinski definition) is 0. The third-order valence-corrected chi connectivity index (χ3v) is 4.00. The number of hydrogen-bond acceptors (Lipinski definition) is 4. The van der Waals surface area contributed by atoms with Gasteiger partial charge in [0.2, 0.25) is 0 Å². The van der Waals surface area contributed by atoms with Crippen molar-refractivity contribution in [3.05, 3.63) is 38.9 Å². The second kappa shape index (κ2) is 5.02. The lowest BCUT2D eigenvalue weighted by Gasteiger charge is -2.15. The number of rotatable bonds is 4. The molecule has 2 aromatic rings. The molecule has 0 N–H and O–H groups in total. The summed E-state index contributed by atoms with van der Waals surface area (Å²) >= 11 is 1.82. The van der Waals surface area contributed by atoms with Crippen LogP contribution in [0.4, 0.5) is 0 Å². The maximum absolute atomic E-state index is 5.18. The fraction of sp³-hybridized carbons (Fsp3) is 0.462. The zero-order valence-corrected chi connectivity index (χ0v) is 11.6. The van der Waals surface area contributed by atoms with E-state index < -0.39 is 0 Å². The molecule has 92 valence electrons. The molecule has 0 atom stereocenters. The third kappa shape index (κ3) is 2.76.